The number of nitrogens with two attached hydrogens (primary N) is 1. The van der Waals surface area contributed by atoms with Crippen LogP contribution in [0.4, 0.5) is 10.5 Å². The van der Waals surface area contributed by atoms with Crippen molar-refractivity contribution in [2.75, 3.05) is 39.5 Å². The van der Waals surface area contributed by atoms with Gasteiger partial charge in [-0.2, -0.15) is 4.99 Å². The molecule has 0 unspecified atom stereocenters. The molecule has 1 aromatic carbocycles. The quantitative estimate of drug-likeness (QED) is 0.220. The third-order valence-corrected chi connectivity index (χ3v) is 6.41. The van der Waals surface area contributed by atoms with Gasteiger partial charge in [0, 0.05) is 24.9 Å². The fourth-order valence-electron chi connectivity index (χ4n) is 4.46. The van der Waals surface area contributed by atoms with Crippen molar-refractivity contribution in [2.24, 2.45) is 10.7 Å². The van der Waals surface area contributed by atoms with Gasteiger partial charge in [-0.3, -0.25) is 9.59 Å². The van der Waals surface area contributed by atoms with Gasteiger partial charge in [0.1, 0.15) is 11.5 Å². The van der Waals surface area contributed by atoms with Gasteiger partial charge in [-0.05, 0) is 51.7 Å². The number of amides is 4. The summed E-state index contributed by atoms with van der Waals surface area (Å²) in [7, 11) is 5.65. The molecule has 1 aromatic heterocycles. The summed E-state index contributed by atoms with van der Waals surface area (Å²) in [5, 5.41) is 8.86. The molecule has 0 fully saturated rings. The minimum absolute atomic E-state index is 0.00791. The molecule has 4 amide bonds. The first-order valence-corrected chi connectivity index (χ1v) is 12.5. The lowest BCUT2D eigenvalue weighted by Gasteiger charge is -2.35. The molecule has 0 radical (unpaired) electrons. The smallest absolute Gasteiger partial charge is 0.318 e. The standard InChI is InChI=1S/C28H36N8O3/c1-7-23(37)32-19-13-14-21(31-15-19)26(38)34-25(29)20-16-36(28(2,3)24(20)30-4)27(39)33-22(17-35(5)6)18-11-9-8-10-12-18/h7-15,22,30H,1,16-17H2,2-6H3,(H,32,37)(H,33,39)(H2,29,34,38)/t22-/m1/s1. The van der Waals surface area contributed by atoms with Crippen LogP contribution < -0.4 is 21.7 Å². The van der Waals surface area contributed by atoms with Crippen LogP contribution in [-0.2, 0) is 4.79 Å². The zero-order valence-electron chi connectivity index (χ0n) is 23.0. The topological polar surface area (TPSA) is 145 Å². The van der Waals surface area contributed by atoms with Crippen molar-refractivity contribution in [2.45, 2.75) is 25.4 Å². The highest BCUT2D eigenvalue weighted by atomic mass is 16.2. The number of hydrogen-bond acceptors (Lipinski definition) is 6. The Morgan fingerprint density at radius 3 is 2.46 bits per heavy atom. The molecule has 5 N–H and O–H groups in total. The molecule has 1 atom stereocenters. The van der Waals surface area contributed by atoms with Gasteiger partial charge in [0.25, 0.3) is 5.91 Å². The molecule has 0 spiro atoms. The largest absolute Gasteiger partial charge is 0.389 e. The molecule has 39 heavy (non-hydrogen) atoms. The van der Waals surface area contributed by atoms with Gasteiger partial charge >= 0.3 is 6.03 Å². The van der Waals surface area contributed by atoms with Gasteiger partial charge in [0.15, 0.2) is 0 Å². The van der Waals surface area contributed by atoms with E-state index in [1.807, 2.05) is 63.2 Å². The third-order valence-electron chi connectivity index (χ3n) is 6.41. The Morgan fingerprint density at radius 2 is 1.90 bits per heavy atom. The normalized spacial score (nSPS) is 15.6. The Kier molecular flexibility index (Phi) is 9.20. The van der Waals surface area contributed by atoms with Crippen LogP contribution >= 0.6 is 0 Å². The van der Waals surface area contributed by atoms with E-state index in [2.05, 4.69) is 32.5 Å². The van der Waals surface area contributed by atoms with Crippen LogP contribution in [0.1, 0.15) is 35.9 Å². The number of hydrogen-bond donors (Lipinski definition) is 4. The number of nitrogens with one attached hydrogen (secondary N) is 3. The molecule has 1 aliphatic heterocycles. The molecule has 0 saturated heterocycles. The number of likely N-dealkylation sites (N-methyl/N-ethyl adjacent to an activating group) is 2. The van der Waals surface area contributed by atoms with Crippen molar-refractivity contribution < 1.29 is 14.4 Å². The number of anilines is 1. The molecule has 1 aliphatic rings. The number of nitrogens with zero attached hydrogens (tertiary/aromatic N) is 4. The highest BCUT2D eigenvalue weighted by molar-refractivity contribution is 6.09. The summed E-state index contributed by atoms with van der Waals surface area (Å²) in [4.78, 5) is 49.7. The second kappa shape index (κ2) is 12.4. The fourth-order valence-corrected chi connectivity index (χ4v) is 4.46. The molecule has 2 aromatic rings. The second-order valence-electron chi connectivity index (χ2n) is 9.85. The fraction of sp³-hybridized carbons (Fsp3) is 0.321. The van der Waals surface area contributed by atoms with Gasteiger partial charge < -0.3 is 31.5 Å². The van der Waals surface area contributed by atoms with Gasteiger partial charge in [0.2, 0.25) is 5.91 Å². The first-order valence-electron chi connectivity index (χ1n) is 12.5. The molecule has 0 aliphatic carbocycles. The van der Waals surface area contributed by atoms with E-state index in [0.717, 1.165) is 11.6 Å². The van der Waals surface area contributed by atoms with E-state index < -0.39 is 11.4 Å². The van der Waals surface area contributed by atoms with Crippen LogP contribution in [0.5, 0.6) is 0 Å². The van der Waals surface area contributed by atoms with E-state index in [9.17, 15) is 14.4 Å². The van der Waals surface area contributed by atoms with Crippen molar-refractivity contribution in [3.63, 3.8) is 0 Å². The molecule has 0 bridgehead atoms. The molecular formula is C28H36N8O3. The number of carbonyl (C=O) groups is 3. The monoisotopic (exact) mass is 532 g/mol. The van der Waals surface area contributed by atoms with E-state index in [-0.39, 0.29) is 36.1 Å². The average Bonchev–Trinajstić information content (AvgIpc) is 3.18. The lowest BCUT2D eigenvalue weighted by atomic mass is 9.99. The Bertz CT molecular complexity index is 1280. The van der Waals surface area contributed by atoms with Gasteiger partial charge in [-0.25, -0.2) is 9.78 Å². The number of aromatic nitrogens is 1. The maximum atomic E-state index is 13.6. The Morgan fingerprint density at radius 1 is 1.21 bits per heavy atom. The number of urea groups is 1. The molecule has 11 heteroatoms. The predicted octanol–water partition coefficient (Wildman–Crippen LogP) is 2.28. The summed E-state index contributed by atoms with van der Waals surface area (Å²) in [6.45, 7) is 7.97. The van der Waals surface area contributed by atoms with Crippen LogP contribution in [0.2, 0.25) is 0 Å². The van der Waals surface area contributed by atoms with Crippen molar-refractivity contribution >= 4 is 29.4 Å². The summed E-state index contributed by atoms with van der Waals surface area (Å²) in [5.41, 5.74) is 8.26. The minimum atomic E-state index is -0.750. The first kappa shape index (κ1) is 29.1. The van der Waals surface area contributed by atoms with Crippen molar-refractivity contribution in [3.05, 3.63) is 83.8 Å². The Hall–Kier alpha value is -4.51. The lowest BCUT2D eigenvalue weighted by molar-refractivity contribution is -0.111. The second-order valence-corrected chi connectivity index (χ2v) is 9.85. The SMILES string of the molecule is C=CC(=O)Nc1ccc(C(=O)N=C(N)C2=C(NC)C(C)(C)N(C(=O)N[C@H](CN(C)C)c3ccccc3)C2)nc1. The highest BCUT2D eigenvalue weighted by Gasteiger charge is 2.43. The number of carbonyl (C=O) groups excluding carboxylic acids is 3. The minimum Gasteiger partial charge on any atom is -0.389 e. The Labute approximate surface area is 228 Å². The van der Waals surface area contributed by atoms with Crippen LogP contribution in [0, 0.1) is 0 Å². The predicted molar refractivity (Wildman–Crippen MR) is 152 cm³/mol. The van der Waals surface area contributed by atoms with E-state index in [1.54, 1.807) is 11.9 Å². The highest BCUT2D eigenvalue weighted by Crippen LogP contribution is 2.33. The van der Waals surface area contributed by atoms with E-state index in [4.69, 9.17) is 5.73 Å². The summed E-state index contributed by atoms with van der Waals surface area (Å²) in [6, 6.07) is 12.3. The van der Waals surface area contributed by atoms with Crippen molar-refractivity contribution in [1.82, 2.24) is 25.4 Å². The van der Waals surface area contributed by atoms with Crippen molar-refractivity contribution in [3.8, 4) is 0 Å². The van der Waals surface area contributed by atoms with Crippen LogP contribution in [0.15, 0.2) is 77.6 Å². The zero-order chi connectivity index (χ0) is 28.7. The number of benzene rings is 1. The maximum Gasteiger partial charge on any atom is 0.318 e. The molecule has 3 rings (SSSR count). The zero-order valence-corrected chi connectivity index (χ0v) is 23.0. The summed E-state index contributed by atoms with van der Waals surface area (Å²) < 4.78 is 0. The van der Waals surface area contributed by atoms with E-state index in [1.165, 1.54) is 18.3 Å². The summed E-state index contributed by atoms with van der Waals surface area (Å²) in [5.74, 6) is -1.04. The molecule has 206 valence electrons. The van der Waals surface area contributed by atoms with Gasteiger partial charge in [0.05, 0.1) is 30.0 Å². The third kappa shape index (κ3) is 6.88. The summed E-state index contributed by atoms with van der Waals surface area (Å²) in [6.07, 6.45) is 2.48. The number of rotatable bonds is 9. The van der Waals surface area contributed by atoms with E-state index >= 15 is 0 Å². The number of pyridine rings is 1. The first-order chi connectivity index (χ1) is 18.5. The van der Waals surface area contributed by atoms with Gasteiger partial charge in [-0.15, -0.1) is 0 Å². The van der Waals surface area contributed by atoms with Crippen LogP contribution in [0.3, 0.4) is 0 Å². The maximum absolute atomic E-state index is 13.6. The average molecular weight is 533 g/mol. The Balaban J connectivity index is 1.81. The number of aliphatic imine (C=N–C) groups is 1. The lowest BCUT2D eigenvalue weighted by Crippen LogP contribution is -2.52. The molecule has 2 heterocycles. The van der Waals surface area contributed by atoms with Crippen LogP contribution in [0.25, 0.3) is 0 Å². The van der Waals surface area contributed by atoms with Crippen molar-refractivity contribution in [1.29, 1.82) is 0 Å². The number of amidine groups is 1. The van der Waals surface area contributed by atoms with E-state index in [0.29, 0.717) is 23.5 Å². The van der Waals surface area contributed by atoms with Crippen LogP contribution in [-0.4, -0.2) is 78.2 Å². The molecule has 0 saturated carbocycles. The van der Waals surface area contributed by atoms with Gasteiger partial charge in [-0.1, -0.05) is 36.9 Å². The molecular weight excluding hydrogens is 496 g/mol. The molecule has 11 nitrogen and oxygen atoms in total. The summed E-state index contributed by atoms with van der Waals surface area (Å²) >= 11 is 0.